The maximum Gasteiger partial charge on any atom is 0.223 e. The van der Waals surface area contributed by atoms with Crippen molar-refractivity contribution in [3.63, 3.8) is 0 Å². The summed E-state index contributed by atoms with van der Waals surface area (Å²) in [6.45, 7) is 2.27. The molecule has 1 heterocycles. The maximum atomic E-state index is 12.2. The number of likely N-dealkylation sites (tertiary alicyclic amines) is 1. The number of hydrogen-bond donors (Lipinski definition) is 1. The van der Waals surface area contributed by atoms with Crippen LogP contribution in [0.15, 0.2) is 24.3 Å². The van der Waals surface area contributed by atoms with E-state index in [4.69, 9.17) is 10.5 Å². The first-order valence-electron chi connectivity index (χ1n) is 6.86. The van der Waals surface area contributed by atoms with Crippen LogP contribution in [0.25, 0.3) is 0 Å². The third-order valence-electron chi connectivity index (χ3n) is 3.73. The first-order chi connectivity index (χ1) is 9.24. The van der Waals surface area contributed by atoms with E-state index >= 15 is 0 Å². The lowest BCUT2D eigenvalue weighted by molar-refractivity contribution is -0.130. The van der Waals surface area contributed by atoms with Gasteiger partial charge in [-0.25, -0.2) is 0 Å². The van der Waals surface area contributed by atoms with E-state index in [0.717, 1.165) is 37.2 Å². The number of methoxy groups -OCH3 is 1. The highest BCUT2D eigenvalue weighted by atomic mass is 16.5. The summed E-state index contributed by atoms with van der Waals surface area (Å²) in [4.78, 5) is 14.1. The minimum atomic E-state index is 0.0724. The van der Waals surface area contributed by atoms with E-state index in [9.17, 15) is 4.79 Å². The molecule has 1 aromatic rings. The Morgan fingerprint density at radius 3 is 2.79 bits per heavy atom. The van der Waals surface area contributed by atoms with Gasteiger partial charge in [-0.3, -0.25) is 4.79 Å². The van der Waals surface area contributed by atoms with Crippen LogP contribution in [-0.4, -0.2) is 37.6 Å². The Morgan fingerprint density at radius 1 is 1.42 bits per heavy atom. The summed E-state index contributed by atoms with van der Waals surface area (Å²) in [6, 6.07) is 7.82. The Balaban J connectivity index is 2.04. The molecule has 2 rings (SSSR count). The fraction of sp³-hybridized carbons (Fsp3) is 0.533. The van der Waals surface area contributed by atoms with E-state index in [1.54, 1.807) is 7.11 Å². The smallest absolute Gasteiger partial charge is 0.223 e. The number of amides is 1. The first-order valence-corrected chi connectivity index (χ1v) is 6.86. The second kappa shape index (κ2) is 6.57. The molecular formula is C15H22N2O2. The van der Waals surface area contributed by atoms with E-state index in [2.05, 4.69) is 0 Å². The second-order valence-corrected chi connectivity index (χ2v) is 5.00. The number of rotatable bonds is 5. The fourth-order valence-electron chi connectivity index (χ4n) is 2.54. The molecule has 1 fully saturated rings. The summed E-state index contributed by atoms with van der Waals surface area (Å²) in [5, 5.41) is 0. The van der Waals surface area contributed by atoms with Crippen molar-refractivity contribution in [3.8, 4) is 5.75 Å². The number of nitrogens with zero attached hydrogens (tertiary/aromatic N) is 1. The van der Waals surface area contributed by atoms with Crippen molar-refractivity contribution in [2.75, 3.05) is 26.7 Å². The van der Waals surface area contributed by atoms with Gasteiger partial charge in [0.15, 0.2) is 0 Å². The summed E-state index contributed by atoms with van der Waals surface area (Å²) < 4.78 is 5.22. The largest absolute Gasteiger partial charge is 0.497 e. The van der Waals surface area contributed by atoms with Gasteiger partial charge in [-0.05, 0) is 37.1 Å². The van der Waals surface area contributed by atoms with Gasteiger partial charge >= 0.3 is 0 Å². The summed E-state index contributed by atoms with van der Waals surface area (Å²) >= 11 is 0. The Kier molecular flexibility index (Phi) is 4.80. The Bertz CT molecular complexity index is 428. The molecule has 4 nitrogen and oxygen atoms in total. The van der Waals surface area contributed by atoms with Gasteiger partial charge in [-0.15, -0.1) is 0 Å². The number of benzene rings is 1. The predicted molar refractivity (Wildman–Crippen MR) is 75.2 cm³/mol. The molecule has 2 N–H and O–H groups in total. The van der Waals surface area contributed by atoms with E-state index in [0.29, 0.717) is 13.0 Å². The number of ether oxygens (including phenoxy) is 1. The van der Waals surface area contributed by atoms with Crippen molar-refractivity contribution >= 4 is 5.91 Å². The Hall–Kier alpha value is -1.55. The van der Waals surface area contributed by atoms with Gasteiger partial charge in [-0.2, -0.15) is 0 Å². The molecule has 0 bridgehead atoms. The molecule has 1 saturated heterocycles. The van der Waals surface area contributed by atoms with Crippen molar-refractivity contribution in [2.45, 2.75) is 25.2 Å². The molecule has 1 aliphatic heterocycles. The molecule has 0 aliphatic carbocycles. The zero-order chi connectivity index (χ0) is 13.7. The summed E-state index contributed by atoms with van der Waals surface area (Å²) in [6.07, 6.45) is 2.74. The van der Waals surface area contributed by atoms with Crippen LogP contribution >= 0.6 is 0 Å². The Labute approximate surface area is 114 Å². The third kappa shape index (κ3) is 3.47. The molecule has 1 aromatic carbocycles. The van der Waals surface area contributed by atoms with Crippen LogP contribution in [0.5, 0.6) is 5.75 Å². The highest BCUT2D eigenvalue weighted by molar-refractivity contribution is 5.77. The molecule has 1 aliphatic rings. The maximum absolute atomic E-state index is 12.2. The zero-order valence-corrected chi connectivity index (χ0v) is 11.5. The first kappa shape index (κ1) is 13.9. The molecule has 0 radical (unpaired) electrons. The van der Waals surface area contributed by atoms with E-state index in [1.807, 2.05) is 29.2 Å². The minimum absolute atomic E-state index is 0.0724. The normalized spacial score (nSPS) is 16.4. The van der Waals surface area contributed by atoms with Crippen molar-refractivity contribution in [1.82, 2.24) is 4.90 Å². The molecule has 0 spiro atoms. The number of hydrogen-bond acceptors (Lipinski definition) is 3. The van der Waals surface area contributed by atoms with Crippen LogP contribution in [0.1, 0.15) is 30.7 Å². The van der Waals surface area contributed by atoms with Crippen LogP contribution < -0.4 is 10.5 Å². The summed E-state index contributed by atoms with van der Waals surface area (Å²) in [5.41, 5.74) is 6.91. The van der Waals surface area contributed by atoms with Gasteiger partial charge in [0, 0.05) is 25.4 Å². The van der Waals surface area contributed by atoms with Crippen LogP contribution in [0, 0.1) is 0 Å². The molecule has 19 heavy (non-hydrogen) atoms. The second-order valence-electron chi connectivity index (χ2n) is 5.00. The zero-order valence-electron chi connectivity index (χ0n) is 11.5. The molecule has 1 unspecified atom stereocenters. The van der Waals surface area contributed by atoms with Crippen molar-refractivity contribution in [3.05, 3.63) is 29.8 Å². The van der Waals surface area contributed by atoms with Crippen LogP contribution in [0.3, 0.4) is 0 Å². The van der Waals surface area contributed by atoms with Crippen LogP contribution in [-0.2, 0) is 4.79 Å². The van der Waals surface area contributed by atoms with Gasteiger partial charge in [0.2, 0.25) is 5.91 Å². The minimum Gasteiger partial charge on any atom is -0.497 e. The SMILES string of the molecule is COc1cccc(C(CN)CC(=O)N2CCCC2)c1. The highest BCUT2D eigenvalue weighted by Gasteiger charge is 2.22. The van der Waals surface area contributed by atoms with Gasteiger partial charge < -0.3 is 15.4 Å². The van der Waals surface area contributed by atoms with Crippen LogP contribution in [0.2, 0.25) is 0 Å². The monoisotopic (exact) mass is 262 g/mol. The average Bonchev–Trinajstić information content (AvgIpc) is 2.98. The van der Waals surface area contributed by atoms with Gasteiger partial charge in [0.1, 0.15) is 5.75 Å². The molecule has 104 valence electrons. The lowest BCUT2D eigenvalue weighted by atomic mass is 9.95. The highest BCUT2D eigenvalue weighted by Crippen LogP contribution is 2.24. The lowest BCUT2D eigenvalue weighted by Gasteiger charge is -2.20. The van der Waals surface area contributed by atoms with E-state index < -0.39 is 0 Å². The standard InChI is InChI=1S/C15H22N2O2/c1-19-14-6-4-5-12(9-14)13(11-16)10-15(18)17-7-2-3-8-17/h4-6,9,13H,2-3,7-8,10-11,16H2,1H3. The molecule has 1 atom stereocenters. The quantitative estimate of drug-likeness (QED) is 0.879. The van der Waals surface area contributed by atoms with Crippen molar-refractivity contribution < 1.29 is 9.53 Å². The van der Waals surface area contributed by atoms with Crippen molar-refractivity contribution in [1.29, 1.82) is 0 Å². The molecule has 0 saturated carbocycles. The molecule has 0 aromatic heterocycles. The predicted octanol–water partition coefficient (Wildman–Crippen LogP) is 1.75. The number of carbonyl (C=O) groups is 1. The van der Waals surface area contributed by atoms with Crippen LogP contribution in [0.4, 0.5) is 0 Å². The topological polar surface area (TPSA) is 55.6 Å². The van der Waals surface area contributed by atoms with Crippen molar-refractivity contribution in [2.24, 2.45) is 5.73 Å². The molecule has 4 heteroatoms. The average molecular weight is 262 g/mol. The summed E-state index contributed by atoms with van der Waals surface area (Å²) in [7, 11) is 1.64. The van der Waals surface area contributed by atoms with Gasteiger partial charge in [-0.1, -0.05) is 12.1 Å². The van der Waals surface area contributed by atoms with Gasteiger partial charge in [0.25, 0.3) is 0 Å². The number of nitrogens with two attached hydrogens (primary N) is 1. The van der Waals surface area contributed by atoms with Gasteiger partial charge in [0.05, 0.1) is 7.11 Å². The fourth-order valence-corrected chi connectivity index (χ4v) is 2.54. The molecule has 1 amide bonds. The van der Waals surface area contributed by atoms with E-state index in [-0.39, 0.29) is 11.8 Å². The Morgan fingerprint density at radius 2 is 2.16 bits per heavy atom. The van der Waals surface area contributed by atoms with E-state index in [1.165, 1.54) is 0 Å². The number of carbonyl (C=O) groups excluding carboxylic acids is 1. The molecular weight excluding hydrogens is 240 g/mol. The summed E-state index contributed by atoms with van der Waals surface area (Å²) in [5.74, 6) is 1.10. The third-order valence-corrected chi connectivity index (χ3v) is 3.73. The lowest BCUT2D eigenvalue weighted by Crippen LogP contribution is -2.30.